The number of carbonyl (C=O) groups excluding carboxylic acids is 3. The summed E-state index contributed by atoms with van der Waals surface area (Å²) in [6.45, 7) is -0.492. The van der Waals surface area contributed by atoms with Gasteiger partial charge in [0, 0.05) is 27.8 Å². The predicted octanol–water partition coefficient (Wildman–Crippen LogP) is 6.29. The van der Waals surface area contributed by atoms with E-state index in [0.29, 0.717) is 16.7 Å². The van der Waals surface area contributed by atoms with Crippen LogP contribution in [0.3, 0.4) is 0 Å². The first-order valence-electron chi connectivity index (χ1n) is 11.0. The van der Waals surface area contributed by atoms with Gasteiger partial charge in [0.25, 0.3) is 0 Å². The number of ether oxygens (including phenoxy) is 2. The van der Waals surface area contributed by atoms with Gasteiger partial charge in [0.2, 0.25) is 5.75 Å². The van der Waals surface area contributed by atoms with Crippen molar-refractivity contribution in [3.8, 4) is 22.6 Å². The van der Waals surface area contributed by atoms with E-state index in [1.165, 1.54) is 48.5 Å². The van der Waals surface area contributed by atoms with Crippen LogP contribution < -0.4 is 4.74 Å². The first-order valence-corrected chi connectivity index (χ1v) is 11.4. The number of hydrogen-bond donors (Lipinski definition) is 0. The Labute approximate surface area is 215 Å². The molecule has 182 valence electrons. The first kappa shape index (κ1) is 23.9. The molecule has 0 aromatic heterocycles. The van der Waals surface area contributed by atoms with Gasteiger partial charge >= 0.3 is 11.7 Å². The van der Waals surface area contributed by atoms with Crippen molar-refractivity contribution in [1.82, 2.24) is 0 Å². The molecule has 0 spiro atoms. The number of rotatable bonds is 7. The van der Waals surface area contributed by atoms with Crippen LogP contribution in [-0.2, 0) is 4.74 Å². The maximum Gasteiger partial charge on any atom is 0.338 e. The molecule has 0 atom stereocenters. The topological polar surface area (TPSA) is 113 Å². The standard InChI is InChI=1S/C28H16ClNO7/c29-18-8-12-26(24(14-18)30(34)35)37-19-9-5-16(6-10-19)25(31)15-36-28(33)17-7-11-22-23(13-17)20-3-1-2-4-21(20)27(22)32/h1-14H,15H2. The number of nitro groups is 1. The molecule has 1 aliphatic rings. The van der Waals surface area contributed by atoms with Gasteiger partial charge < -0.3 is 9.47 Å². The highest BCUT2D eigenvalue weighted by molar-refractivity contribution is 6.30. The number of nitro benzene ring substituents is 1. The number of carbonyl (C=O) groups is 3. The third-order valence-electron chi connectivity index (χ3n) is 5.82. The lowest BCUT2D eigenvalue weighted by Gasteiger charge is -2.08. The van der Waals surface area contributed by atoms with Crippen molar-refractivity contribution in [3.63, 3.8) is 0 Å². The molecule has 8 nitrogen and oxygen atoms in total. The van der Waals surface area contributed by atoms with E-state index in [9.17, 15) is 24.5 Å². The van der Waals surface area contributed by atoms with Gasteiger partial charge in [-0.2, -0.15) is 0 Å². The SMILES string of the molecule is O=C(COC(=O)c1ccc2c(c1)-c1ccccc1C2=O)c1ccc(Oc2ccc(Cl)cc2[N+](=O)[O-])cc1. The van der Waals surface area contributed by atoms with Gasteiger partial charge in [-0.15, -0.1) is 0 Å². The fraction of sp³-hybridized carbons (Fsp3) is 0.0357. The molecular formula is C28H16ClNO7. The summed E-state index contributed by atoms with van der Waals surface area (Å²) in [5.41, 5.74) is 2.69. The molecule has 0 saturated carbocycles. The van der Waals surface area contributed by atoms with Gasteiger partial charge in [0.05, 0.1) is 10.5 Å². The zero-order valence-electron chi connectivity index (χ0n) is 19.0. The third-order valence-corrected chi connectivity index (χ3v) is 6.05. The largest absolute Gasteiger partial charge is 0.454 e. The number of esters is 1. The summed E-state index contributed by atoms with van der Waals surface area (Å²) in [5.74, 6) is -0.964. The molecule has 4 aromatic carbocycles. The Morgan fingerprint density at radius 1 is 0.811 bits per heavy atom. The minimum absolute atomic E-state index is 0.000997. The minimum atomic E-state index is -0.692. The Kier molecular flexibility index (Phi) is 6.25. The molecule has 4 aromatic rings. The average Bonchev–Trinajstić information content (AvgIpc) is 3.20. The van der Waals surface area contributed by atoms with Crippen LogP contribution in [0, 0.1) is 10.1 Å². The number of benzene rings is 4. The van der Waals surface area contributed by atoms with E-state index < -0.39 is 23.3 Å². The van der Waals surface area contributed by atoms with Crippen molar-refractivity contribution < 1.29 is 28.8 Å². The Hall–Kier alpha value is -4.82. The second-order valence-electron chi connectivity index (χ2n) is 8.13. The summed E-state index contributed by atoms with van der Waals surface area (Å²) in [4.78, 5) is 48.3. The number of Topliss-reactive ketones (excluding diaryl/α,β-unsaturated/α-hetero) is 1. The van der Waals surface area contributed by atoms with E-state index in [1.807, 2.05) is 12.1 Å². The summed E-state index contributed by atoms with van der Waals surface area (Å²) in [6, 6.07) is 21.7. The lowest BCUT2D eigenvalue weighted by atomic mass is 10.0. The molecule has 5 rings (SSSR count). The van der Waals surface area contributed by atoms with Crippen LogP contribution in [0.2, 0.25) is 5.02 Å². The molecule has 37 heavy (non-hydrogen) atoms. The smallest absolute Gasteiger partial charge is 0.338 e. The van der Waals surface area contributed by atoms with Gasteiger partial charge in [-0.1, -0.05) is 35.9 Å². The van der Waals surface area contributed by atoms with Crippen molar-refractivity contribution in [2.75, 3.05) is 6.61 Å². The van der Waals surface area contributed by atoms with E-state index in [-0.39, 0.29) is 39.1 Å². The zero-order valence-corrected chi connectivity index (χ0v) is 19.7. The normalized spacial score (nSPS) is 11.4. The number of nitrogens with zero attached hydrogens (tertiary/aromatic N) is 1. The van der Waals surface area contributed by atoms with E-state index in [1.54, 1.807) is 24.3 Å². The van der Waals surface area contributed by atoms with Crippen LogP contribution in [0.1, 0.15) is 36.6 Å². The van der Waals surface area contributed by atoms with Gasteiger partial charge in [-0.05, 0) is 65.7 Å². The monoisotopic (exact) mass is 513 g/mol. The molecular weight excluding hydrogens is 498 g/mol. The van der Waals surface area contributed by atoms with Crippen LogP contribution in [-0.4, -0.2) is 29.1 Å². The van der Waals surface area contributed by atoms with Crippen molar-refractivity contribution >= 4 is 34.8 Å². The quantitative estimate of drug-likeness (QED) is 0.109. The Morgan fingerprint density at radius 3 is 2.22 bits per heavy atom. The zero-order chi connectivity index (χ0) is 26.1. The van der Waals surface area contributed by atoms with E-state index in [0.717, 1.165) is 5.56 Å². The number of hydrogen-bond acceptors (Lipinski definition) is 7. The Morgan fingerprint density at radius 2 is 1.49 bits per heavy atom. The highest BCUT2D eigenvalue weighted by Crippen LogP contribution is 2.37. The first-order chi connectivity index (χ1) is 17.8. The summed E-state index contributed by atoms with van der Waals surface area (Å²) in [7, 11) is 0. The highest BCUT2D eigenvalue weighted by Gasteiger charge is 2.27. The minimum Gasteiger partial charge on any atom is -0.454 e. The Balaban J connectivity index is 1.24. The van der Waals surface area contributed by atoms with Crippen LogP contribution in [0.4, 0.5) is 5.69 Å². The molecule has 0 heterocycles. The molecule has 0 N–H and O–H groups in total. The average molecular weight is 514 g/mol. The predicted molar refractivity (Wildman–Crippen MR) is 135 cm³/mol. The van der Waals surface area contributed by atoms with Crippen LogP contribution in [0.15, 0.2) is 84.9 Å². The highest BCUT2D eigenvalue weighted by atomic mass is 35.5. The van der Waals surface area contributed by atoms with Gasteiger partial charge in [-0.25, -0.2) is 4.79 Å². The molecule has 0 unspecified atom stereocenters. The second kappa shape index (κ2) is 9.67. The summed E-state index contributed by atoms with van der Waals surface area (Å²) >= 11 is 5.81. The van der Waals surface area contributed by atoms with Gasteiger partial charge in [0.1, 0.15) is 5.75 Å². The lowest BCUT2D eigenvalue weighted by molar-refractivity contribution is -0.385. The molecule has 0 aliphatic heterocycles. The molecule has 0 saturated heterocycles. The molecule has 0 bridgehead atoms. The maximum atomic E-state index is 12.6. The van der Waals surface area contributed by atoms with E-state index >= 15 is 0 Å². The number of halogens is 1. The van der Waals surface area contributed by atoms with Crippen molar-refractivity contribution in [3.05, 3.63) is 122 Å². The van der Waals surface area contributed by atoms with Crippen molar-refractivity contribution in [2.24, 2.45) is 0 Å². The number of ketones is 2. The lowest BCUT2D eigenvalue weighted by Crippen LogP contribution is -2.14. The maximum absolute atomic E-state index is 12.6. The van der Waals surface area contributed by atoms with Crippen molar-refractivity contribution in [1.29, 1.82) is 0 Å². The molecule has 0 amide bonds. The van der Waals surface area contributed by atoms with Crippen LogP contribution in [0.5, 0.6) is 11.5 Å². The van der Waals surface area contributed by atoms with Crippen LogP contribution in [0.25, 0.3) is 11.1 Å². The van der Waals surface area contributed by atoms with E-state index in [4.69, 9.17) is 21.1 Å². The van der Waals surface area contributed by atoms with E-state index in [2.05, 4.69) is 0 Å². The van der Waals surface area contributed by atoms with Gasteiger partial charge in [0.15, 0.2) is 18.2 Å². The third kappa shape index (κ3) is 4.70. The van der Waals surface area contributed by atoms with Crippen LogP contribution >= 0.6 is 11.6 Å². The molecule has 1 aliphatic carbocycles. The summed E-state index contributed by atoms with van der Waals surface area (Å²) < 4.78 is 10.8. The fourth-order valence-corrected chi connectivity index (χ4v) is 4.17. The summed E-state index contributed by atoms with van der Waals surface area (Å²) in [6.07, 6.45) is 0. The molecule has 0 radical (unpaired) electrons. The number of fused-ring (bicyclic) bond motifs is 3. The molecule has 9 heteroatoms. The van der Waals surface area contributed by atoms with Gasteiger partial charge in [-0.3, -0.25) is 19.7 Å². The van der Waals surface area contributed by atoms with Crippen molar-refractivity contribution in [2.45, 2.75) is 0 Å². The summed E-state index contributed by atoms with van der Waals surface area (Å²) in [5, 5.41) is 11.4. The second-order valence-corrected chi connectivity index (χ2v) is 8.57. The fourth-order valence-electron chi connectivity index (χ4n) is 4.01. The molecule has 0 fully saturated rings. The Bertz CT molecular complexity index is 1590.